The maximum Gasteiger partial charge on any atom is 0.282 e. The number of nitrogens with zero attached hydrogens (tertiary/aromatic N) is 3. The number of benzene rings is 3. The Kier molecular flexibility index (Phi) is 9.08. The molecule has 0 amide bonds. The zero-order valence-electron chi connectivity index (χ0n) is 22.5. The summed E-state index contributed by atoms with van der Waals surface area (Å²) >= 11 is 6.93. The number of hydrogen-bond donors (Lipinski definition) is 0. The van der Waals surface area contributed by atoms with Crippen LogP contribution in [0.5, 0.6) is 11.5 Å². The topological polar surface area (TPSA) is 65.7 Å². The summed E-state index contributed by atoms with van der Waals surface area (Å²) in [5.74, 6) is 1.85. The number of fused-ring (bicyclic) bond motifs is 1. The van der Waals surface area contributed by atoms with Gasteiger partial charge in [0.1, 0.15) is 12.4 Å². The van der Waals surface area contributed by atoms with Crippen molar-refractivity contribution in [3.8, 4) is 11.5 Å². The molecule has 1 heterocycles. The highest BCUT2D eigenvalue weighted by Gasteiger charge is 2.23. The fourth-order valence-electron chi connectivity index (χ4n) is 4.09. The molecule has 6 nitrogen and oxygen atoms in total. The normalized spacial score (nSPS) is 11.7. The molecule has 0 saturated carbocycles. The largest absolute Gasteiger partial charge is 0.490 e. The number of ether oxygens (including phenoxy) is 2. The van der Waals surface area contributed by atoms with E-state index in [1.54, 1.807) is 12.3 Å². The van der Waals surface area contributed by atoms with Crippen molar-refractivity contribution in [1.29, 1.82) is 0 Å². The van der Waals surface area contributed by atoms with Gasteiger partial charge >= 0.3 is 0 Å². The minimum Gasteiger partial charge on any atom is -0.490 e. The lowest BCUT2D eigenvalue weighted by Crippen LogP contribution is -2.29. The summed E-state index contributed by atoms with van der Waals surface area (Å²) in [6.07, 6.45) is 4.07. The molecule has 0 aliphatic rings. The van der Waals surface area contributed by atoms with E-state index >= 15 is 0 Å². The van der Waals surface area contributed by atoms with E-state index in [0.29, 0.717) is 47.9 Å². The molecule has 0 aliphatic carbocycles. The van der Waals surface area contributed by atoms with E-state index in [1.165, 1.54) is 4.68 Å². The summed E-state index contributed by atoms with van der Waals surface area (Å²) in [7, 11) is 0. The lowest BCUT2D eigenvalue weighted by Gasteiger charge is -2.21. The van der Waals surface area contributed by atoms with Gasteiger partial charge in [0.05, 0.1) is 23.7 Å². The molecule has 202 valence electrons. The van der Waals surface area contributed by atoms with Gasteiger partial charge in [0, 0.05) is 19.9 Å². The van der Waals surface area contributed by atoms with Gasteiger partial charge in [-0.15, -0.1) is 6.58 Å². The van der Waals surface area contributed by atoms with Gasteiger partial charge in [0.15, 0.2) is 11.5 Å². The fourth-order valence-corrected chi connectivity index (χ4v) is 4.72. The monoisotopic (exact) mass is 651 g/mol. The second-order valence-electron chi connectivity index (χ2n) is 10.1. The van der Waals surface area contributed by atoms with Crippen molar-refractivity contribution < 1.29 is 9.47 Å². The molecule has 4 aromatic rings. The molecular weight excluding hydrogens is 622 g/mol. The molecule has 0 unspecified atom stereocenters. The lowest BCUT2D eigenvalue weighted by molar-refractivity contribution is 0.267. The quantitative estimate of drug-likeness (QED) is 0.137. The van der Waals surface area contributed by atoms with Crippen LogP contribution in [0.15, 0.2) is 86.1 Å². The molecule has 0 aliphatic heterocycles. The van der Waals surface area contributed by atoms with Crippen molar-refractivity contribution in [2.24, 2.45) is 5.10 Å². The first-order valence-electron chi connectivity index (χ1n) is 12.7. The van der Waals surface area contributed by atoms with Crippen LogP contribution in [0.2, 0.25) is 0 Å². The van der Waals surface area contributed by atoms with E-state index in [2.05, 4.69) is 43.5 Å². The van der Waals surface area contributed by atoms with Gasteiger partial charge in [-0.05, 0) is 66.9 Å². The summed E-state index contributed by atoms with van der Waals surface area (Å²) in [5.41, 5.74) is 2.73. The smallest absolute Gasteiger partial charge is 0.282 e. The third-order valence-corrected chi connectivity index (χ3v) is 6.94. The molecule has 1 aromatic heterocycles. The van der Waals surface area contributed by atoms with E-state index in [-0.39, 0.29) is 5.56 Å². The van der Waals surface area contributed by atoms with Crippen molar-refractivity contribution in [1.82, 2.24) is 9.66 Å². The summed E-state index contributed by atoms with van der Waals surface area (Å²) < 4.78 is 15.5. The molecule has 4 rings (SSSR count). The Balaban J connectivity index is 1.78. The molecule has 0 saturated heterocycles. The maximum atomic E-state index is 13.5. The Labute approximate surface area is 245 Å². The van der Waals surface area contributed by atoms with Crippen LogP contribution in [0.1, 0.15) is 50.2 Å². The fraction of sp³-hybridized carbons (Fsp3) is 0.258. The Morgan fingerprint density at radius 1 is 1.03 bits per heavy atom. The van der Waals surface area contributed by atoms with Gasteiger partial charge in [-0.1, -0.05) is 70.8 Å². The van der Waals surface area contributed by atoms with Gasteiger partial charge in [0.25, 0.3) is 5.56 Å². The highest BCUT2D eigenvalue weighted by atomic mass is 79.9. The zero-order chi connectivity index (χ0) is 28.2. The number of rotatable bonds is 9. The average Bonchev–Trinajstić information content (AvgIpc) is 2.88. The van der Waals surface area contributed by atoms with Crippen molar-refractivity contribution in [2.75, 3.05) is 6.61 Å². The Morgan fingerprint density at radius 2 is 1.74 bits per heavy atom. The van der Waals surface area contributed by atoms with E-state index in [1.807, 2.05) is 82.3 Å². The van der Waals surface area contributed by atoms with Crippen LogP contribution in [-0.2, 0) is 18.4 Å². The van der Waals surface area contributed by atoms with Crippen LogP contribution in [0, 0.1) is 0 Å². The third-order valence-electron chi connectivity index (χ3n) is 5.92. The molecule has 0 spiro atoms. The highest BCUT2D eigenvalue weighted by molar-refractivity contribution is 9.10. The molecule has 0 N–H and O–H groups in total. The van der Waals surface area contributed by atoms with Crippen LogP contribution < -0.4 is 15.0 Å². The van der Waals surface area contributed by atoms with Crippen LogP contribution in [-0.4, -0.2) is 22.5 Å². The lowest BCUT2D eigenvalue weighted by atomic mass is 9.95. The summed E-state index contributed by atoms with van der Waals surface area (Å²) in [6.45, 7) is 12.8. The van der Waals surface area contributed by atoms with E-state index < -0.39 is 5.41 Å². The van der Waals surface area contributed by atoms with Crippen molar-refractivity contribution in [3.63, 3.8) is 0 Å². The Hall–Kier alpha value is -3.23. The van der Waals surface area contributed by atoms with Gasteiger partial charge in [0.2, 0.25) is 0 Å². The van der Waals surface area contributed by atoms with Gasteiger partial charge in [-0.3, -0.25) is 4.79 Å². The number of aromatic nitrogens is 2. The Morgan fingerprint density at radius 3 is 2.41 bits per heavy atom. The first-order valence-corrected chi connectivity index (χ1v) is 14.2. The molecule has 0 atom stereocenters. The van der Waals surface area contributed by atoms with Crippen LogP contribution in [0.3, 0.4) is 0 Å². The van der Waals surface area contributed by atoms with Crippen LogP contribution in [0.4, 0.5) is 0 Å². The number of halogens is 2. The van der Waals surface area contributed by atoms with E-state index in [0.717, 1.165) is 25.6 Å². The molecule has 39 heavy (non-hydrogen) atoms. The van der Waals surface area contributed by atoms with E-state index in [9.17, 15) is 4.79 Å². The van der Waals surface area contributed by atoms with Crippen molar-refractivity contribution in [3.05, 3.63) is 109 Å². The zero-order valence-corrected chi connectivity index (χ0v) is 25.7. The van der Waals surface area contributed by atoms with Crippen LogP contribution in [0.25, 0.3) is 10.9 Å². The maximum absolute atomic E-state index is 13.5. The highest BCUT2D eigenvalue weighted by Crippen LogP contribution is 2.34. The molecule has 8 heteroatoms. The predicted molar refractivity (Wildman–Crippen MR) is 165 cm³/mol. The molecule has 0 bridgehead atoms. The first kappa shape index (κ1) is 28.8. The standard InChI is InChI=1S/C31H31Br2N3O3/c1-6-8-22-15-21(16-27(38-7-2)28(22)39-19-20-9-11-23(32)12-10-20)18-34-36-29(37)25-17-24(33)13-14-26(25)35-30(36)31(3,4)5/h6,9-18H,1,7-8,19H2,2-5H3. The third kappa shape index (κ3) is 6.86. The molecular formula is C31H31Br2N3O3. The summed E-state index contributed by atoms with van der Waals surface area (Å²) in [4.78, 5) is 18.3. The number of hydrogen-bond acceptors (Lipinski definition) is 5. The minimum atomic E-state index is -0.410. The SMILES string of the molecule is C=CCc1cc(C=Nn2c(C(C)(C)C)nc3ccc(Br)cc3c2=O)cc(OCC)c1OCc1ccc(Br)cc1. The summed E-state index contributed by atoms with van der Waals surface area (Å²) in [6, 6.07) is 17.4. The average molecular weight is 653 g/mol. The molecule has 0 radical (unpaired) electrons. The van der Waals surface area contributed by atoms with Gasteiger partial charge in [-0.2, -0.15) is 9.78 Å². The molecule has 0 fully saturated rings. The first-order chi connectivity index (χ1) is 18.6. The van der Waals surface area contributed by atoms with Gasteiger partial charge < -0.3 is 9.47 Å². The molecule has 3 aromatic carbocycles. The summed E-state index contributed by atoms with van der Waals surface area (Å²) in [5, 5.41) is 5.12. The van der Waals surface area contributed by atoms with Crippen molar-refractivity contribution >= 4 is 49.0 Å². The number of allylic oxidation sites excluding steroid dienone is 1. The van der Waals surface area contributed by atoms with Gasteiger partial charge in [-0.25, -0.2) is 4.98 Å². The van der Waals surface area contributed by atoms with Crippen LogP contribution >= 0.6 is 31.9 Å². The van der Waals surface area contributed by atoms with Crippen molar-refractivity contribution in [2.45, 2.75) is 46.1 Å². The van der Waals surface area contributed by atoms with E-state index in [4.69, 9.17) is 14.5 Å². The second-order valence-corrected chi connectivity index (χ2v) is 11.9. The minimum absolute atomic E-state index is 0.228. The second kappa shape index (κ2) is 12.3. The Bertz CT molecular complexity index is 1590. The predicted octanol–water partition coefficient (Wildman–Crippen LogP) is 7.81.